The molecule has 0 bridgehead atoms. The number of benzene rings is 1. The van der Waals surface area contributed by atoms with Crippen LogP contribution in [0.1, 0.15) is 25.2 Å². The quantitative estimate of drug-likeness (QED) is 0.340. The Morgan fingerprint density at radius 3 is 2.67 bits per heavy atom. The van der Waals surface area contributed by atoms with Gasteiger partial charge in [0.2, 0.25) is 0 Å². The molecule has 1 unspecified atom stereocenters. The van der Waals surface area contributed by atoms with E-state index in [4.69, 9.17) is 9.15 Å². The topological polar surface area (TPSA) is 70.2 Å². The Kier molecular flexibility index (Phi) is 9.65. The van der Waals surface area contributed by atoms with Gasteiger partial charge in [-0.15, -0.1) is 24.0 Å². The van der Waals surface area contributed by atoms with Gasteiger partial charge in [-0.05, 0) is 44.5 Å². The van der Waals surface area contributed by atoms with E-state index in [1.54, 1.807) is 25.3 Å². The van der Waals surface area contributed by atoms with E-state index in [2.05, 4.69) is 10.3 Å². The van der Waals surface area contributed by atoms with Crippen molar-refractivity contribution in [2.45, 2.75) is 26.4 Å². The number of aliphatic imine (C=N–C) groups is 1. The molecule has 2 aromatic rings. The van der Waals surface area contributed by atoms with Gasteiger partial charge in [-0.2, -0.15) is 0 Å². The van der Waals surface area contributed by atoms with Crippen LogP contribution in [0.5, 0.6) is 5.75 Å². The summed E-state index contributed by atoms with van der Waals surface area (Å²) in [5.41, 5.74) is -0.0342. The molecule has 1 aromatic heterocycles. The summed E-state index contributed by atoms with van der Waals surface area (Å²) in [6, 6.07) is 11.5. The molecular weight excluding hydrogens is 457 g/mol. The lowest BCUT2D eigenvalue weighted by Gasteiger charge is -2.24. The number of nitrogens with zero attached hydrogens (tertiary/aromatic N) is 2. The first kappa shape index (κ1) is 23.3. The fourth-order valence-corrected chi connectivity index (χ4v) is 2.48. The molecule has 2 N–H and O–H groups in total. The summed E-state index contributed by atoms with van der Waals surface area (Å²) in [4.78, 5) is 6.54. The molecule has 1 aromatic carbocycles. The van der Waals surface area contributed by atoms with Gasteiger partial charge in [-0.1, -0.05) is 18.2 Å². The lowest BCUT2D eigenvalue weighted by atomic mass is 10.0. The Morgan fingerprint density at radius 2 is 2.04 bits per heavy atom. The zero-order chi connectivity index (χ0) is 19.0. The largest absolute Gasteiger partial charge is 0.491 e. The van der Waals surface area contributed by atoms with Crippen LogP contribution in [-0.4, -0.2) is 49.3 Å². The van der Waals surface area contributed by atoms with Crippen molar-refractivity contribution in [3.63, 3.8) is 0 Å². The van der Waals surface area contributed by atoms with E-state index in [1.807, 2.05) is 50.1 Å². The van der Waals surface area contributed by atoms with Crippen LogP contribution in [0.4, 0.5) is 0 Å². The number of para-hydroxylation sites is 1. The van der Waals surface area contributed by atoms with E-state index in [0.29, 0.717) is 24.9 Å². The minimum Gasteiger partial charge on any atom is -0.491 e. The van der Waals surface area contributed by atoms with Crippen molar-refractivity contribution in [1.29, 1.82) is 0 Å². The van der Waals surface area contributed by atoms with Crippen LogP contribution >= 0.6 is 24.0 Å². The third-order valence-electron chi connectivity index (χ3n) is 4.06. The van der Waals surface area contributed by atoms with Gasteiger partial charge in [0, 0.05) is 13.6 Å². The summed E-state index contributed by atoms with van der Waals surface area (Å²) >= 11 is 0. The molecular formula is C20H30IN3O3. The predicted molar refractivity (Wildman–Crippen MR) is 119 cm³/mol. The number of likely N-dealkylation sites (N-methyl/N-ethyl adjacent to an activating group) is 1. The standard InChI is InChI=1S/C20H29N3O3.HI/c1-5-21-19(22-15-20(3,24)18-11-8-13-26-18)23(4)12-14-25-17-10-7-6-9-16(17)2;/h6-11,13,24H,5,12,14-15H2,1-4H3,(H,21,22);1H. The van der Waals surface area contributed by atoms with E-state index < -0.39 is 5.60 Å². The highest BCUT2D eigenvalue weighted by Crippen LogP contribution is 2.21. The number of hydrogen-bond donors (Lipinski definition) is 2. The minimum absolute atomic E-state index is 0. The molecule has 0 saturated heterocycles. The maximum absolute atomic E-state index is 10.6. The fraction of sp³-hybridized carbons (Fsp3) is 0.450. The number of halogens is 1. The number of hydrogen-bond acceptors (Lipinski definition) is 4. The van der Waals surface area contributed by atoms with Crippen LogP contribution in [0.2, 0.25) is 0 Å². The third kappa shape index (κ3) is 7.06. The van der Waals surface area contributed by atoms with Crippen LogP contribution in [0, 0.1) is 6.92 Å². The summed E-state index contributed by atoms with van der Waals surface area (Å²) in [6.07, 6.45) is 1.55. The van der Waals surface area contributed by atoms with Crippen molar-refractivity contribution in [3.05, 3.63) is 54.0 Å². The van der Waals surface area contributed by atoms with Gasteiger partial charge < -0.3 is 24.5 Å². The van der Waals surface area contributed by atoms with Gasteiger partial charge in [0.05, 0.1) is 19.4 Å². The van der Waals surface area contributed by atoms with E-state index in [0.717, 1.165) is 17.9 Å². The van der Waals surface area contributed by atoms with E-state index >= 15 is 0 Å². The average Bonchev–Trinajstić information content (AvgIpc) is 3.16. The predicted octanol–water partition coefficient (Wildman–Crippen LogP) is 3.39. The molecule has 0 spiro atoms. The Hall–Kier alpha value is -1.74. The first-order chi connectivity index (χ1) is 12.4. The zero-order valence-corrected chi connectivity index (χ0v) is 18.8. The Bertz CT molecular complexity index is 702. The van der Waals surface area contributed by atoms with E-state index in [9.17, 15) is 5.11 Å². The molecule has 7 heteroatoms. The molecule has 0 aliphatic heterocycles. The number of nitrogens with one attached hydrogen (secondary N) is 1. The molecule has 150 valence electrons. The highest BCUT2D eigenvalue weighted by molar-refractivity contribution is 14.0. The number of guanidine groups is 1. The molecule has 0 fully saturated rings. The molecule has 1 heterocycles. The first-order valence-electron chi connectivity index (χ1n) is 8.88. The second kappa shape index (κ2) is 11.2. The van der Waals surface area contributed by atoms with Gasteiger partial charge in [0.15, 0.2) is 5.96 Å². The average molecular weight is 487 g/mol. The monoisotopic (exact) mass is 487 g/mol. The van der Waals surface area contributed by atoms with Gasteiger partial charge in [-0.25, -0.2) is 4.99 Å². The lowest BCUT2D eigenvalue weighted by molar-refractivity contribution is 0.0435. The van der Waals surface area contributed by atoms with Crippen LogP contribution < -0.4 is 10.1 Å². The van der Waals surface area contributed by atoms with Crippen LogP contribution in [0.15, 0.2) is 52.1 Å². The normalized spacial score (nSPS) is 13.4. The van der Waals surface area contributed by atoms with Crippen molar-refractivity contribution < 1.29 is 14.3 Å². The lowest BCUT2D eigenvalue weighted by Crippen LogP contribution is -2.42. The molecule has 0 aliphatic rings. The van der Waals surface area contributed by atoms with Crippen molar-refractivity contribution in [3.8, 4) is 5.75 Å². The number of aliphatic hydroxyl groups is 1. The molecule has 6 nitrogen and oxygen atoms in total. The molecule has 2 rings (SSSR count). The Morgan fingerprint density at radius 1 is 1.30 bits per heavy atom. The van der Waals surface area contributed by atoms with Crippen LogP contribution in [0.25, 0.3) is 0 Å². The fourth-order valence-electron chi connectivity index (χ4n) is 2.48. The molecule has 0 saturated carbocycles. The maximum atomic E-state index is 10.6. The Balaban J connectivity index is 0.00000364. The maximum Gasteiger partial charge on any atom is 0.193 e. The summed E-state index contributed by atoms with van der Waals surface area (Å²) in [6.45, 7) is 7.89. The zero-order valence-electron chi connectivity index (χ0n) is 16.4. The van der Waals surface area contributed by atoms with Gasteiger partial charge in [-0.3, -0.25) is 0 Å². The number of furan rings is 1. The van der Waals surface area contributed by atoms with Crippen molar-refractivity contribution in [2.75, 3.05) is 33.3 Å². The van der Waals surface area contributed by atoms with E-state index in [-0.39, 0.29) is 30.5 Å². The molecule has 0 amide bonds. The van der Waals surface area contributed by atoms with Crippen LogP contribution in [0.3, 0.4) is 0 Å². The smallest absolute Gasteiger partial charge is 0.193 e. The van der Waals surface area contributed by atoms with Crippen molar-refractivity contribution in [1.82, 2.24) is 10.2 Å². The highest BCUT2D eigenvalue weighted by Gasteiger charge is 2.26. The number of aryl methyl sites for hydroxylation is 1. The number of rotatable bonds is 8. The summed E-state index contributed by atoms with van der Waals surface area (Å²) in [7, 11) is 1.95. The molecule has 27 heavy (non-hydrogen) atoms. The third-order valence-corrected chi connectivity index (χ3v) is 4.06. The SMILES string of the molecule is CCNC(=NCC(C)(O)c1ccco1)N(C)CCOc1ccccc1C.I. The molecule has 0 radical (unpaired) electrons. The first-order valence-corrected chi connectivity index (χ1v) is 8.88. The van der Waals surface area contributed by atoms with Gasteiger partial charge in [0.1, 0.15) is 23.7 Å². The van der Waals surface area contributed by atoms with Crippen molar-refractivity contribution >= 4 is 29.9 Å². The molecule has 0 aliphatic carbocycles. The van der Waals surface area contributed by atoms with Crippen molar-refractivity contribution in [2.24, 2.45) is 4.99 Å². The summed E-state index contributed by atoms with van der Waals surface area (Å²) in [5.74, 6) is 2.11. The van der Waals surface area contributed by atoms with Crippen LogP contribution in [-0.2, 0) is 5.60 Å². The second-order valence-corrected chi connectivity index (χ2v) is 6.46. The summed E-state index contributed by atoms with van der Waals surface area (Å²) < 4.78 is 11.2. The minimum atomic E-state index is -1.15. The molecule has 1 atom stereocenters. The Labute approximate surface area is 178 Å². The number of ether oxygens (including phenoxy) is 1. The highest BCUT2D eigenvalue weighted by atomic mass is 127. The van der Waals surface area contributed by atoms with Gasteiger partial charge in [0.25, 0.3) is 0 Å². The van der Waals surface area contributed by atoms with Gasteiger partial charge >= 0.3 is 0 Å². The second-order valence-electron chi connectivity index (χ2n) is 6.46. The summed E-state index contributed by atoms with van der Waals surface area (Å²) in [5, 5.41) is 13.8. The van der Waals surface area contributed by atoms with E-state index in [1.165, 1.54) is 0 Å².